The molecule has 0 aliphatic carbocycles. The zero-order chi connectivity index (χ0) is 7.56. The second-order valence-electron chi connectivity index (χ2n) is 1.76. The van der Waals surface area contributed by atoms with Gasteiger partial charge in [0.05, 0.1) is 11.6 Å². The van der Waals surface area contributed by atoms with Gasteiger partial charge in [-0.05, 0) is 28.7 Å². The molecule has 0 aromatic carbocycles. The lowest BCUT2D eigenvalue weighted by Crippen LogP contribution is -1.90. The minimum absolute atomic E-state index is 0.00810. The van der Waals surface area contributed by atoms with Crippen molar-refractivity contribution in [1.82, 2.24) is 4.98 Å². The van der Waals surface area contributed by atoms with Crippen LogP contribution in [0.3, 0.4) is 0 Å². The molecule has 0 aliphatic rings. The Kier molecular flexibility index (Phi) is 2.88. The van der Waals surface area contributed by atoms with Gasteiger partial charge in [0.25, 0.3) is 0 Å². The van der Waals surface area contributed by atoms with Crippen molar-refractivity contribution in [3.63, 3.8) is 0 Å². The van der Waals surface area contributed by atoms with Crippen LogP contribution in [0.15, 0.2) is 12.3 Å². The maximum Gasteiger partial charge on any atom is 0.106 e. The number of rotatable bonds is 1. The summed E-state index contributed by atoms with van der Waals surface area (Å²) in [5, 5.41) is 9.30. The van der Waals surface area contributed by atoms with Gasteiger partial charge in [0.15, 0.2) is 0 Å². The Morgan fingerprint density at radius 2 is 2.40 bits per heavy atom. The van der Waals surface area contributed by atoms with E-state index in [9.17, 15) is 0 Å². The van der Waals surface area contributed by atoms with Gasteiger partial charge in [-0.2, -0.15) is 0 Å². The van der Waals surface area contributed by atoms with Crippen LogP contribution in [0.2, 0.25) is 5.02 Å². The number of nitrogens with zero attached hydrogens (tertiary/aromatic N) is 1. The molecule has 0 bridgehead atoms. The molecule has 0 saturated carbocycles. The highest BCUT2D eigenvalue weighted by Crippen LogP contribution is 2.14. The highest BCUT2D eigenvalue weighted by atomic mass is 127. The number of aromatic nitrogens is 1. The van der Waals surface area contributed by atoms with E-state index >= 15 is 0 Å². The standard InChI is InChI=1S/C6H5ClINO/c7-5-1-4(3-10)6(8)9-2-5/h1-2,10H,3H2. The Bertz CT molecular complexity index is 241. The summed E-state index contributed by atoms with van der Waals surface area (Å²) in [7, 11) is 0. The van der Waals surface area contributed by atoms with Crippen LogP contribution in [0.5, 0.6) is 0 Å². The van der Waals surface area contributed by atoms with Crippen molar-refractivity contribution in [3.8, 4) is 0 Å². The Morgan fingerprint density at radius 3 is 2.90 bits per heavy atom. The SMILES string of the molecule is OCc1cc(Cl)cnc1I. The smallest absolute Gasteiger partial charge is 0.106 e. The first-order valence-electron chi connectivity index (χ1n) is 2.65. The van der Waals surface area contributed by atoms with E-state index < -0.39 is 0 Å². The minimum Gasteiger partial charge on any atom is -0.392 e. The van der Waals surface area contributed by atoms with Gasteiger partial charge in [0.2, 0.25) is 0 Å². The van der Waals surface area contributed by atoms with Gasteiger partial charge in [-0.3, -0.25) is 0 Å². The Labute approximate surface area is 77.4 Å². The average molecular weight is 269 g/mol. The third kappa shape index (κ3) is 1.81. The summed E-state index contributed by atoms with van der Waals surface area (Å²) in [5.74, 6) is 0. The predicted octanol–water partition coefficient (Wildman–Crippen LogP) is 1.83. The summed E-state index contributed by atoms with van der Waals surface area (Å²) >= 11 is 7.67. The van der Waals surface area contributed by atoms with Crippen molar-refractivity contribution in [2.45, 2.75) is 6.61 Å². The number of halogens is 2. The third-order valence-corrected chi connectivity index (χ3v) is 2.23. The molecule has 1 aromatic rings. The monoisotopic (exact) mass is 269 g/mol. The number of aliphatic hydroxyl groups excluding tert-OH is 1. The van der Waals surface area contributed by atoms with E-state index in [1.54, 1.807) is 12.3 Å². The third-order valence-electron chi connectivity index (χ3n) is 1.05. The minimum atomic E-state index is -0.00810. The average Bonchev–Trinajstić information content (AvgIpc) is 1.94. The molecule has 0 unspecified atom stereocenters. The van der Waals surface area contributed by atoms with Crippen LogP contribution < -0.4 is 0 Å². The molecule has 2 nitrogen and oxygen atoms in total. The zero-order valence-electron chi connectivity index (χ0n) is 5.01. The molecular weight excluding hydrogens is 264 g/mol. The van der Waals surface area contributed by atoms with Crippen LogP contribution in [0.1, 0.15) is 5.56 Å². The van der Waals surface area contributed by atoms with Crippen molar-refractivity contribution < 1.29 is 5.11 Å². The van der Waals surface area contributed by atoms with Crippen molar-refractivity contribution in [2.24, 2.45) is 0 Å². The highest BCUT2D eigenvalue weighted by molar-refractivity contribution is 14.1. The van der Waals surface area contributed by atoms with Crippen LogP contribution >= 0.6 is 34.2 Å². The van der Waals surface area contributed by atoms with Gasteiger partial charge >= 0.3 is 0 Å². The summed E-state index contributed by atoms with van der Waals surface area (Å²) in [6, 6.07) is 1.70. The van der Waals surface area contributed by atoms with E-state index in [0.717, 1.165) is 9.26 Å². The highest BCUT2D eigenvalue weighted by Gasteiger charge is 1.98. The molecule has 4 heteroatoms. The van der Waals surface area contributed by atoms with E-state index in [4.69, 9.17) is 16.7 Å². The Hall–Kier alpha value is 0.130. The van der Waals surface area contributed by atoms with E-state index in [2.05, 4.69) is 4.98 Å². The summed E-state index contributed by atoms with van der Waals surface area (Å²) in [4.78, 5) is 3.94. The maximum absolute atomic E-state index is 8.74. The summed E-state index contributed by atoms with van der Waals surface area (Å²) in [5.41, 5.74) is 0.771. The number of hydrogen-bond donors (Lipinski definition) is 1. The fraction of sp³-hybridized carbons (Fsp3) is 0.167. The molecule has 0 radical (unpaired) electrons. The van der Waals surface area contributed by atoms with E-state index in [-0.39, 0.29) is 6.61 Å². The lowest BCUT2D eigenvalue weighted by atomic mass is 10.3. The van der Waals surface area contributed by atoms with Crippen molar-refractivity contribution >= 4 is 34.2 Å². The lowest BCUT2D eigenvalue weighted by Gasteiger charge is -1.97. The van der Waals surface area contributed by atoms with Gasteiger partial charge in [-0.25, -0.2) is 4.98 Å². The van der Waals surface area contributed by atoms with E-state index in [0.29, 0.717) is 5.02 Å². The van der Waals surface area contributed by atoms with Crippen LogP contribution in [-0.2, 0) is 6.61 Å². The molecule has 0 fully saturated rings. The Balaban J connectivity index is 3.09. The zero-order valence-corrected chi connectivity index (χ0v) is 7.93. The molecule has 0 spiro atoms. The molecule has 10 heavy (non-hydrogen) atoms. The molecular formula is C6H5ClINO. The first-order valence-corrected chi connectivity index (χ1v) is 4.10. The molecule has 1 rings (SSSR count). The number of aliphatic hydroxyl groups is 1. The molecule has 0 amide bonds. The van der Waals surface area contributed by atoms with Crippen LogP contribution in [-0.4, -0.2) is 10.1 Å². The predicted molar refractivity (Wildman–Crippen MR) is 47.9 cm³/mol. The van der Waals surface area contributed by atoms with Gasteiger partial charge in [0.1, 0.15) is 3.70 Å². The first-order chi connectivity index (χ1) is 4.74. The summed E-state index contributed by atoms with van der Waals surface area (Å²) in [6.07, 6.45) is 1.56. The molecule has 0 atom stereocenters. The molecule has 0 aliphatic heterocycles. The van der Waals surface area contributed by atoms with Crippen LogP contribution in [0.4, 0.5) is 0 Å². The van der Waals surface area contributed by atoms with Crippen LogP contribution in [0, 0.1) is 3.70 Å². The lowest BCUT2D eigenvalue weighted by molar-refractivity contribution is 0.280. The van der Waals surface area contributed by atoms with Gasteiger partial charge in [0, 0.05) is 11.8 Å². The molecule has 0 saturated heterocycles. The summed E-state index contributed by atoms with van der Waals surface area (Å²) in [6.45, 7) is -0.00810. The van der Waals surface area contributed by atoms with Crippen LogP contribution in [0.25, 0.3) is 0 Å². The fourth-order valence-corrected chi connectivity index (χ4v) is 1.22. The van der Waals surface area contributed by atoms with Gasteiger partial charge in [-0.15, -0.1) is 0 Å². The Morgan fingerprint density at radius 1 is 1.70 bits per heavy atom. The molecule has 54 valence electrons. The van der Waals surface area contributed by atoms with Crippen molar-refractivity contribution in [3.05, 3.63) is 26.5 Å². The topological polar surface area (TPSA) is 33.1 Å². The largest absolute Gasteiger partial charge is 0.392 e. The molecule has 1 N–H and O–H groups in total. The first kappa shape index (κ1) is 8.23. The number of pyridine rings is 1. The van der Waals surface area contributed by atoms with Crippen molar-refractivity contribution in [1.29, 1.82) is 0 Å². The molecule has 1 aromatic heterocycles. The summed E-state index contributed by atoms with van der Waals surface area (Å²) < 4.78 is 0.796. The molecule has 1 heterocycles. The second kappa shape index (κ2) is 3.50. The normalized spacial score (nSPS) is 9.90. The maximum atomic E-state index is 8.74. The number of hydrogen-bond acceptors (Lipinski definition) is 2. The second-order valence-corrected chi connectivity index (χ2v) is 3.22. The quantitative estimate of drug-likeness (QED) is 0.623. The van der Waals surface area contributed by atoms with E-state index in [1.807, 2.05) is 22.6 Å². The van der Waals surface area contributed by atoms with Crippen molar-refractivity contribution in [2.75, 3.05) is 0 Å². The van der Waals surface area contributed by atoms with E-state index in [1.165, 1.54) is 0 Å². The van der Waals surface area contributed by atoms with Gasteiger partial charge in [-0.1, -0.05) is 11.6 Å². The fourth-order valence-electron chi connectivity index (χ4n) is 0.575. The van der Waals surface area contributed by atoms with Gasteiger partial charge < -0.3 is 5.11 Å².